The highest BCUT2D eigenvalue weighted by atomic mass is 32.2. The van der Waals surface area contributed by atoms with Crippen LogP contribution < -0.4 is 20.5 Å². The largest absolute Gasteiger partial charge is 0.348 e. The van der Waals surface area contributed by atoms with Gasteiger partial charge >= 0.3 is 0 Å². The predicted octanol–water partition coefficient (Wildman–Crippen LogP) is 0.448. The number of hydrogen-bond donors (Lipinski definition) is 4. The molecule has 162 valence electrons. The molecular weight excluding hydrogens is 432 g/mol. The van der Waals surface area contributed by atoms with Gasteiger partial charge in [-0.15, -0.1) is 0 Å². The molecule has 1 atom stereocenters. The van der Waals surface area contributed by atoms with Crippen molar-refractivity contribution in [2.75, 3.05) is 11.9 Å². The van der Waals surface area contributed by atoms with Gasteiger partial charge in [-0.3, -0.25) is 9.59 Å². The van der Waals surface area contributed by atoms with E-state index in [1.54, 1.807) is 6.92 Å². The van der Waals surface area contributed by atoms with Crippen LogP contribution in [0, 0.1) is 0 Å². The zero-order valence-electron chi connectivity index (χ0n) is 16.2. The molecule has 5 N–H and O–H groups in total. The summed E-state index contributed by atoms with van der Waals surface area (Å²) in [4.78, 5) is 23.0. The van der Waals surface area contributed by atoms with Gasteiger partial charge in [0.1, 0.15) is 0 Å². The smallest absolute Gasteiger partial charge is 0.241 e. The summed E-state index contributed by atoms with van der Waals surface area (Å²) in [5.74, 6) is -0.856. The maximum absolute atomic E-state index is 12.3. The minimum absolute atomic E-state index is 0.0537. The summed E-state index contributed by atoms with van der Waals surface area (Å²) in [6, 6.07) is 10.6. The molecule has 2 rings (SSSR count). The molecule has 0 saturated carbocycles. The van der Waals surface area contributed by atoms with Gasteiger partial charge in [-0.1, -0.05) is 12.1 Å². The third-order valence-electron chi connectivity index (χ3n) is 3.99. The second-order valence-corrected chi connectivity index (χ2v) is 9.76. The van der Waals surface area contributed by atoms with E-state index >= 15 is 0 Å². The van der Waals surface area contributed by atoms with Gasteiger partial charge in [0, 0.05) is 12.6 Å². The summed E-state index contributed by atoms with van der Waals surface area (Å²) < 4.78 is 49.4. The molecule has 12 heteroatoms. The quantitative estimate of drug-likeness (QED) is 0.452. The van der Waals surface area contributed by atoms with Gasteiger partial charge in [-0.2, -0.15) is 0 Å². The van der Waals surface area contributed by atoms with Crippen molar-refractivity contribution in [2.45, 2.75) is 29.7 Å². The zero-order chi connectivity index (χ0) is 22.5. The van der Waals surface area contributed by atoms with Crippen LogP contribution in [0.15, 0.2) is 58.3 Å². The summed E-state index contributed by atoms with van der Waals surface area (Å²) in [6.45, 7) is 2.51. The van der Waals surface area contributed by atoms with E-state index in [-0.39, 0.29) is 15.7 Å². The fraction of sp³-hybridized carbons (Fsp3) is 0.222. The van der Waals surface area contributed by atoms with Crippen molar-refractivity contribution < 1.29 is 26.4 Å². The first-order valence-corrected chi connectivity index (χ1v) is 11.7. The molecule has 2 amide bonds. The molecule has 0 aliphatic rings. The Kier molecular flexibility index (Phi) is 7.31. The van der Waals surface area contributed by atoms with E-state index in [1.165, 1.54) is 55.5 Å². The summed E-state index contributed by atoms with van der Waals surface area (Å²) in [6.07, 6.45) is 0. The minimum Gasteiger partial charge on any atom is -0.348 e. The first-order chi connectivity index (χ1) is 13.9. The Morgan fingerprint density at radius 3 is 1.97 bits per heavy atom. The molecule has 30 heavy (non-hydrogen) atoms. The Labute approximate surface area is 175 Å². The number of nitrogens with two attached hydrogens (primary N) is 1. The summed E-state index contributed by atoms with van der Waals surface area (Å²) in [5, 5.41) is 10.2. The van der Waals surface area contributed by atoms with E-state index in [9.17, 15) is 26.4 Å². The van der Waals surface area contributed by atoms with Crippen LogP contribution in [0.2, 0.25) is 0 Å². The number of anilines is 1. The Balaban J connectivity index is 1.95. The first kappa shape index (κ1) is 23.5. The first-order valence-electron chi connectivity index (χ1n) is 8.68. The molecule has 0 aliphatic heterocycles. The van der Waals surface area contributed by atoms with Crippen LogP contribution in [-0.2, 0) is 29.6 Å². The van der Waals surface area contributed by atoms with Crippen LogP contribution in [-0.4, -0.2) is 35.2 Å². The van der Waals surface area contributed by atoms with Gasteiger partial charge in [0.15, 0.2) is 0 Å². The van der Waals surface area contributed by atoms with Crippen LogP contribution in [0.25, 0.3) is 0 Å². The lowest BCUT2D eigenvalue weighted by atomic mass is 10.1. The van der Waals surface area contributed by atoms with Crippen LogP contribution in [0.3, 0.4) is 0 Å². The number of nitrogens with one attached hydrogen (secondary N) is 3. The number of carbonyl (C=O) groups is 2. The molecule has 2 aromatic rings. The number of rotatable bonds is 8. The van der Waals surface area contributed by atoms with Crippen molar-refractivity contribution >= 4 is 37.5 Å². The highest BCUT2D eigenvalue weighted by Gasteiger charge is 2.17. The number of carbonyl (C=O) groups excluding carboxylic acids is 2. The zero-order valence-corrected chi connectivity index (χ0v) is 17.9. The molecule has 0 bridgehead atoms. The van der Waals surface area contributed by atoms with Crippen molar-refractivity contribution in [3.8, 4) is 0 Å². The van der Waals surface area contributed by atoms with E-state index in [2.05, 4.69) is 15.4 Å². The maximum Gasteiger partial charge on any atom is 0.241 e. The van der Waals surface area contributed by atoms with Crippen LogP contribution >= 0.6 is 0 Å². The second kappa shape index (κ2) is 9.34. The molecule has 0 fully saturated rings. The van der Waals surface area contributed by atoms with Crippen molar-refractivity contribution in [3.05, 3.63) is 54.1 Å². The lowest BCUT2D eigenvalue weighted by Crippen LogP contribution is -2.38. The maximum atomic E-state index is 12.3. The molecule has 10 nitrogen and oxygen atoms in total. The lowest BCUT2D eigenvalue weighted by molar-refractivity contribution is -0.120. The average molecular weight is 455 g/mol. The number of sulfonamides is 2. The Morgan fingerprint density at radius 1 is 0.933 bits per heavy atom. The van der Waals surface area contributed by atoms with Crippen LogP contribution in [0.4, 0.5) is 5.69 Å². The average Bonchev–Trinajstić information content (AvgIpc) is 2.66. The van der Waals surface area contributed by atoms with Gasteiger partial charge in [0.05, 0.1) is 22.4 Å². The highest BCUT2D eigenvalue weighted by molar-refractivity contribution is 7.89. The second-order valence-electron chi connectivity index (χ2n) is 6.43. The van der Waals surface area contributed by atoms with Gasteiger partial charge in [-0.25, -0.2) is 26.7 Å². The predicted molar refractivity (Wildman–Crippen MR) is 110 cm³/mol. The minimum atomic E-state index is -3.93. The van der Waals surface area contributed by atoms with Crippen molar-refractivity contribution in [1.29, 1.82) is 0 Å². The molecule has 2 aromatic carbocycles. The van der Waals surface area contributed by atoms with Crippen molar-refractivity contribution in [1.82, 2.24) is 10.0 Å². The molecule has 0 unspecified atom stereocenters. The Morgan fingerprint density at radius 2 is 1.47 bits per heavy atom. The van der Waals surface area contributed by atoms with Crippen LogP contribution in [0.1, 0.15) is 25.5 Å². The normalized spacial score (nSPS) is 12.8. The summed E-state index contributed by atoms with van der Waals surface area (Å²) in [7, 11) is -7.74. The fourth-order valence-electron chi connectivity index (χ4n) is 2.49. The monoisotopic (exact) mass is 454 g/mol. The molecule has 0 spiro atoms. The summed E-state index contributed by atoms with van der Waals surface area (Å²) >= 11 is 0. The fourth-order valence-corrected chi connectivity index (χ4v) is 3.98. The number of primary sulfonamides is 1. The van der Waals surface area contributed by atoms with Gasteiger partial charge in [-0.05, 0) is 48.9 Å². The highest BCUT2D eigenvalue weighted by Crippen LogP contribution is 2.16. The van der Waals surface area contributed by atoms with Gasteiger partial charge < -0.3 is 10.6 Å². The van der Waals surface area contributed by atoms with Crippen molar-refractivity contribution in [2.24, 2.45) is 5.14 Å². The standard InChI is InChI=1S/C18H22N4O6S2/c1-12(14-3-7-16(8-4-14)29(19,25)26)21-18(24)11-20-30(27,28)17-9-5-15(6-10-17)22-13(2)23/h3-10,12,20H,11H2,1-2H3,(H,21,24)(H,22,23)(H2,19,25,26)/t12-/m0/s1. The molecule has 0 aliphatic carbocycles. The Hall–Kier alpha value is -2.80. The van der Waals surface area contributed by atoms with E-state index in [0.29, 0.717) is 11.3 Å². The number of amides is 2. The van der Waals surface area contributed by atoms with E-state index in [4.69, 9.17) is 5.14 Å². The molecular formula is C18H22N4O6S2. The number of hydrogen-bond acceptors (Lipinski definition) is 6. The topological polar surface area (TPSA) is 165 Å². The third-order valence-corrected chi connectivity index (χ3v) is 6.34. The van der Waals surface area contributed by atoms with Crippen LogP contribution in [0.5, 0.6) is 0 Å². The summed E-state index contributed by atoms with van der Waals surface area (Å²) in [5.41, 5.74) is 1.06. The van der Waals surface area contributed by atoms with Gasteiger partial charge in [0.2, 0.25) is 31.9 Å². The van der Waals surface area contributed by atoms with E-state index in [1.807, 2.05) is 0 Å². The molecule has 0 aromatic heterocycles. The van der Waals surface area contributed by atoms with E-state index < -0.39 is 38.5 Å². The van der Waals surface area contributed by atoms with E-state index in [0.717, 1.165) is 0 Å². The Bertz CT molecular complexity index is 1130. The third kappa shape index (κ3) is 6.62. The van der Waals surface area contributed by atoms with Gasteiger partial charge in [0.25, 0.3) is 0 Å². The molecule has 0 radical (unpaired) electrons. The SMILES string of the molecule is CC(=O)Nc1ccc(S(=O)(=O)NCC(=O)N[C@@H](C)c2ccc(S(N)(=O)=O)cc2)cc1. The number of benzene rings is 2. The molecule has 0 heterocycles. The lowest BCUT2D eigenvalue weighted by Gasteiger charge is -2.15. The molecule has 0 saturated heterocycles. The van der Waals surface area contributed by atoms with Crippen molar-refractivity contribution in [3.63, 3.8) is 0 Å².